The molecule has 2 aromatic heterocycles. The minimum absolute atomic E-state index is 0.172. The van der Waals surface area contributed by atoms with E-state index in [4.69, 9.17) is 15.2 Å². The zero-order chi connectivity index (χ0) is 16.4. The Labute approximate surface area is 136 Å². The fourth-order valence-electron chi connectivity index (χ4n) is 2.62. The van der Waals surface area contributed by atoms with Crippen LogP contribution in [-0.2, 0) is 9.47 Å². The lowest BCUT2D eigenvalue weighted by Gasteiger charge is -2.13. The van der Waals surface area contributed by atoms with E-state index in [0.717, 1.165) is 18.5 Å². The molecule has 0 bridgehead atoms. The number of thiol groups is 1. The highest BCUT2D eigenvalue weighted by Gasteiger charge is 2.29. The number of urea groups is 1. The van der Waals surface area contributed by atoms with E-state index in [1.165, 1.54) is 6.33 Å². The molecule has 10 heteroatoms. The molecular formula is C13H15N5O4S. The summed E-state index contributed by atoms with van der Waals surface area (Å²) < 4.78 is 12.4. The smallest absolute Gasteiger partial charge is 0.364 e. The number of ether oxygens (including phenoxy) is 2. The second-order valence-electron chi connectivity index (χ2n) is 5.05. The van der Waals surface area contributed by atoms with Crippen LogP contribution >= 0.6 is 12.6 Å². The van der Waals surface area contributed by atoms with Gasteiger partial charge in [-0.05, 0) is 25.0 Å². The van der Waals surface area contributed by atoms with Gasteiger partial charge in [-0.15, -0.1) is 0 Å². The molecule has 0 unspecified atom stereocenters. The van der Waals surface area contributed by atoms with Gasteiger partial charge in [0.25, 0.3) is 0 Å². The minimum atomic E-state index is -0.695. The molecule has 1 aliphatic heterocycles. The third kappa shape index (κ3) is 3.37. The fraction of sp³-hybridized carbons (Fsp3) is 0.385. The lowest BCUT2D eigenvalue weighted by Crippen LogP contribution is -2.21. The predicted molar refractivity (Wildman–Crippen MR) is 83.4 cm³/mol. The van der Waals surface area contributed by atoms with Crippen molar-refractivity contribution in [2.24, 2.45) is 5.73 Å². The van der Waals surface area contributed by atoms with Crippen LogP contribution < -0.4 is 11.1 Å². The highest BCUT2D eigenvalue weighted by molar-refractivity contribution is 7.96. The number of anilines is 1. The number of hydrogen-bond donors (Lipinski definition) is 3. The molecule has 2 amide bonds. The molecule has 1 saturated heterocycles. The number of amides is 2. The van der Waals surface area contributed by atoms with Crippen LogP contribution in [0.2, 0.25) is 0 Å². The Morgan fingerprint density at radius 1 is 1.48 bits per heavy atom. The van der Waals surface area contributed by atoms with E-state index < -0.39 is 11.3 Å². The van der Waals surface area contributed by atoms with Crippen LogP contribution in [0.25, 0.3) is 5.52 Å². The highest BCUT2D eigenvalue weighted by Crippen LogP contribution is 2.34. The monoisotopic (exact) mass is 337 g/mol. The SMILES string of the molecule is NC(=O)Nc1ncnn2c([C@H]3CC[C@@H](COC(=O)S)O3)ccc12. The maximum atomic E-state index is 11.0. The van der Waals surface area contributed by atoms with Crippen LogP contribution in [0.4, 0.5) is 15.4 Å². The lowest BCUT2D eigenvalue weighted by molar-refractivity contribution is 0.00648. The predicted octanol–water partition coefficient (Wildman–Crippen LogP) is 1.51. The van der Waals surface area contributed by atoms with Crippen molar-refractivity contribution >= 4 is 35.3 Å². The molecule has 2 atom stereocenters. The van der Waals surface area contributed by atoms with Crippen molar-refractivity contribution in [1.82, 2.24) is 14.6 Å². The molecule has 3 N–H and O–H groups in total. The molecule has 0 radical (unpaired) electrons. The van der Waals surface area contributed by atoms with Gasteiger partial charge in [-0.3, -0.25) is 5.32 Å². The van der Waals surface area contributed by atoms with E-state index >= 15 is 0 Å². The summed E-state index contributed by atoms with van der Waals surface area (Å²) in [4.78, 5) is 25.7. The quantitative estimate of drug-likeness (QED) is 0.574. The van der Waals surface area contributed by atoms with Crippen molar-refractivity contribution in [3.05, 3.63) is 24.2 Å². The van der Waals surface area contributed by atoms with Gasteiger partial charge in [-0.25, -0.2) is 19.1 Å². The van der Waals surface area contributed by atoms with Crippen LogP contribution in [0.1, 0.15) is 24.6 Å². The summed E-state index contributed by atoms with van der Waals surface area (Å²) in [6.45, 7) is 0.172. The summed E-state index contributed by atoms with van der Waals surface area (Å²) in [5, 5.41) is 6.02. The maximum absolute atomic E-state index is 11.0. The van der Waals surface area contributed by atoms with Crippen molar-refractivity contribution in [2.75, 3.05) is 11.9 Å². The number of rotatable bonds is 4. The third-order valence-electron chi connectivity index (χ3n) is 3.55. The summed E-state index contributed by atoms with van der Waals surface area (Å²) in [5.74, 6) is 0.331. The second-order valence-corrected chi connectivity index (χ2v) is 5.42. The van der Waals surface area contributed by atoms with Crippen molar-refractivity contribution in [3.63, 3.8) is 0 Å². The summed E-state index contributed by atoms with van der Waals surface area (Å²) in [5.41, 5.74) is 6.58. The van der Waals surface area contributed by atoms with Crippen LogP contribution in [0, 0.1) is 0 Å². The minimum Gasteiger partial charge on any atom is -0.455 e. The van der Waals surface area contributed by atoms with Gasteiger partial charge in [0.1, 0.15) is 24.6 Å². The zero-order valence-electron chi connectivity index (χ0n) is 12.0. The van der Waals surface area contributed by atoms with Crippen molar-refractivity contribution in [1.29, 1.82) is 0 Å². The lowest BCUT2D eigenvalue weighted by atomic mass is 10.1. The molecule has 3 heterocycles. The molecule has 2 aromatic rings. The highest BCUT2D eigenvalue weighted by atomic mass is 32.1. The van der Waals surface area contributed by atoms with E-state index in [0.29, 0.717) is 11.3 Å². The number of hydrogen-bond acceptors (Lipinski definition) is 6. The molecule has 122 valence electrons. The molecule has 9 nitrogen and oxygen atoms in total. The van der Waals surface area contributed by atoms with E-state index in [2.05, 4.69) is 28.0 Å². The summed E-state index contributed by atoms with van der Waals surface area (Å²) in [6, 6.07) is 2.94. The molecule has 23 heavy (non-hydrogen) atoms. The zero-order valence-corrected chi connectivity index (χ0v) is 12.9. The van der Waals surface area contributed by atoms with Gasteiger partial charge in [-0.2, -0.15) is 5.10 Å². The summed E-state index contributed by atoms with van der Waals surface area (Å²) >= 11 is 3.56. The Kier molecular flexibility index (Phi) is 4.35. The average molecular weight is 337 g/mol. The molecule has 0 aromatic carbocycles. The molecular weight excluding hydrogens is 322 g/mol. The number of aromatic nitrogens is 3. The average Bonchev–Trinajstić information content (AvgIpc) is 3.11. The normalized spacial score (nSPS) is 20.6. The number of primary amides is 1. The van der Waals surface area contributed by atoms with Crippen molar-refractivity contribution in [2.45, 2.75) is 25.0 Å². The molecule has 0 aliphatic carbocycles. The van der Waals surface area contributed by atoms with E-state index in [1.807, 2.05) is 6.07 Å². The van der Waals surface area contributed by atoms with Crippen molar-refractivity contribution in [3.8, 4) is 0 Å². The molecule has 1 fully saturated rings. The third-order valence-corrected chi connectivity index (χ3v) is 3.68. The van der Waals surface area contributed by atoms with Gasteiger partial charge in [0.2, 0.25) is 0 Å². The first-order chi connectivity index (χ1) is 11.0. The molecule has 0 spiro atoms. The Morgan fingerprint density at radius 3 is 3.04 bits per heavy atom. The Bertz CT molecular complexity index is 749. The first kappa shape index (κ1) is 15.6. The number of nitrogens with one attached hydrogen (secondary N) is 1. The molecule has 3 rings (SSSR count). The van der Waals surface area contributed by atoms with Gasteiger partial charge >= 0.3 is 11.3 Å². The number of fused-ring (bicyclic) bond motifs is 1. The number of carbonyl (C=O) groups excluding carboxylic acids is 2. The van der Waals surface area contributed by atoms with Gasteiger partial charge in [-0.1, -0.05) is 12.6 Å². The first-order valence-electron chi connectivity index (χ1n) is 6.95. The van der Waals surface area contributed by atoms with E-state index in [9.17, 15) is 9.59 Å². The van der Waals surface area contributed by atoms with Gasteiger partial charge in [0.15, 0.2) is 5.82 Å². The van der Waals surface area contributed by atoms with Crippen LogP contribution in [0.15, 0.2) is 18.5 Å². The summed E-state index contributed by atoms with van der Waals surface area (Å²) in [7, 11) is 0. The molecule has 1 aliphatic rings. The van der Waals surface area contributed by atoms with Crippen LogP contribution in [-0.4, -0.2) is 38.6 Å². The van der Waals surface area contributed by atoms with Crippen molar-refractivity contribution < 1.29 is 19.1 Å². The fourth-order valence-corrected chi connectivity index (χ4v) is 2.70. The standard InChI is InChI=1S/C13H15N5O4S/c14-12(19)17-11-9-3-2-8(18(9)16-6-15-11)10-4-1-7(22-10)5-21-13(20)23/h2-3,6-7,10H,1,4-5H2,(H,20,23)(H3,14,15,16,17,19)/t7-,10+/m0/s1. The van der Waals surface area contributed by atoms with Gasteiger partial charge < -0.3 is 15.2 Å². The van der Waals surface area contributed by atoms with E-state index in [-0.39, 0.29) is 18.8 Å². The first-order valence-corrected chi connectivity index (χ1v) is 7.39. The largest absolute Gasteiger partial charge is 0.455 e. The number of carbonyl (C=O) groups is 2. The maximum Gasteiger partial charge on any atom is 0.364 e. The Balaban J connectivity index is 1.79. The topological polar surface area (TPSA) is 121 Å². The summed E-state index contributed by atoms with van der Waals surface area (Å²) in [6.07, 6.45) is 2.50. The van der Waals surface area contributed by atoms with Crippen LogP contribution in [0.3, 0.4) is 0 Å². The Morgan fingerprint density at radius 2 is 2.30 bits per heavy atom. The second kappa shape index (κ2) is 6.42. The van der Waals surface area contributed by atoms with Crippen LogP contribution in [0.5, 0.6) is 0 Å². The number of nitrogens with two attached hydrogens (primary N) is 1. The Hall–Kier alpha value is -2.33. The van der Waals surface area contributed by atoms with Gasteiger partial charge in [0, 0.05) is 0 Å². The van der Waals surface area contributed by atoms with E-state index in [1.54, 1.807) is 10.6 Å². The van der Waals surface area contributed by atoms with Gasteiger partial charge in [0.05, 0.1) is 11.8 Å². The molecule has 0 saturated carbocycles. The number of nitrogens with zero attached hydrogens (tertiary/aromatic N) is 3.